The summed E-state index contributed by atoms with van der Waals surface area (Å²) >= 11 is 1.60. The van der Waals surface area contributed by atoms with Crippen molar-refractivity contribution < 1.29 is 9.53 Å². The number of nitrogens with zero attached hydrogens (tertiary/aromatic N) is 2. The Hall–Kier alpha value is -2.34. The largest absolute Gasteiger partial charge is 0.497 e. The zero-order valence-electron chi connectivity index (χ0n) is 13.2. The lowest BCUT2D eigenvalue weighted by atomic mass is 10.3. The summed E-state index contributed by atoms with van der Waals surface area (Å²) in [6.07, 6.45) is 1.14. The van der Waals surface area contributed by atoms with Gasteiger partial charge in [0.2, 0.25) is 5.91 Å². The lowest BCUT2D eigenvalue weighted by Crippen LogP contribution is -2.27. The molecular weight excluding hydrogens is 310 g/mol. The lowest BCUT2D eigenvalue weighted by Gasteiger charge is -2.05. The molecule has 0 atom stereocenters. The van der Waals surface area contributed by atoms with Gasteiger partial charge in [0, 0.05) is 31.0 Å². The van der Waals surface area contributed by atoms with Crippen molar-refractivity contribution in [3.8, 4) is 5.75 Å². The van der Waals surface area contributed by atoms with Gasteiger partial charge in [-0.1, -0.05) is 6.07 Å². The first-order valence-electron chi connectivity index (χ1n) is 7.46. The van der Waals surface area contributed by atoms with Gasteiger partial charge < -0.3 is 14.6 Å². The summed E-state index contributed by atoms with van der Waals surface area (Å²) < 4.78 is 7.28. The molecule has 0 saturated carbocycles. The molecule has 3 aromatic rings. The molecule has 2 aromatic heterocycles. The molecule has 0 fully saturated rings. The number of rotatable bonds is 6. The Kier molecular flexibility index (Phi) is 4.62. The van der Waals surface area contributed by atoms with Crippen LogP contribution in [0.15, 0.2) is 35.7 Å². The summed E-state index contributed by atoms with van der Waals surface area (Å²) in [7, 11) is 3.64. The van der Waals surface area contributed by atoms with Gasteiger partial charge in [-0.15, -0.1) is 11.3 Å². The van der Waals surface area contributed by atoms with E-state index in [-0.39, 0.29) is 5.91 Å². The Bertz CT molecular complexity index is 809. The van der Waals surface area contributed by atoms with Gasteiger partial charge in [-0.05, 0) is 23.6 Å². The number of methoxy groups -OCH3 is 1. The van der Waals surface area contributed by atoms with Crippen LogP contribution in [0.5, 0.6) is 5.75 Å². The van der Waals surface area contributed by atoms with E-state index in [0.29, 0.717) is 19.4 Å². The highest BCUT2D eigenvalue weighted by Crippen LogP contribution is 2.21. The van der Waals surface area contributed by atoms with Crippen molar-refractivity contribution in [3.63, 3.8) is 0 Å². The molecule has 0 saturated heterocycles. The van der Waals surface area contributed by atoms with E-state index in [1.807, 2.05) is 42.8 Å². The summed E-state index contributed by atoms with van der Waals surface area (Å²) in [6, 6.07) is 9.79. The van der Waals surface area contributed by atoms with Gasteiger partial charge in [-0.2, -0.15) is 0 Å². The first-order chi connectivity index (χ1) is 11.2. The van der Waals surface area contributed by atoms with Gasteiger partial charge in [-0.25, -0.2) is 4.98 Å². The average Bonchev–Trinajstić information content (AvgIpc) is 3.16. The zero-order chi connectivity index (χ0) is 16.2. The second-order valence-electron chi connectivity index (χ2n) is 5.30. The van der Waals surface area contributed by atoms with Crippen molar-refractivity contribution in [2.45, 2.75) is 12.8 Å². The Morgan fingerprint density at radius 1 is 1.39 bits per heavy atom. The van der Waals surface area contributed by atoms with E-state index >= 15 is 0 Å². The molecule has 0 unspecified atom stereocenters. The van der Waals surface area contributed by atoms with Crippen LogP contribution in [0.3, 0.4) is 0 Å². The molecule has 5 nitrogen and oxygen atoms in total. The third-order valence-electron chi connectivity index (χ3n) is 3.77. The molecule has 120 valence electrons. The molecule has 0 radical (unpaired) electrons. The van der Waals surface area contributed by atoms with Crippen molar-refractivity contribution in [1.29, 1.82) is 0 Å². The Morgan fingerprint density at radius 2 is 2.26 bits per heavy atom. The molecule has 23 heavy (non-hydrogen) atoms. The van der Waals surface area contributed by atoms with Crippen molar-refractivity contribution >= 4 is 28.3 Å². The van der Waals surface area contributed by atoms with Crippen LogP contribution in [0.25, 0.3) is 11.0 Å². The molecule has 0 aliphatic heterocycles. The number of amides is 1. The first kappa shape index (κ1) is 15.6. The van der Waals surface area contributed by atoms with E-state index in [1.165, 1.54) is 0 Å². The summed E-state index contributed by atoms with van der Waals surface area (Å²) in [6.45, 7) is 0.582. The zero-order valence-corrected chi connectivity index (χ0v) is 14.0. The molecule has 0 bridgehead atoms. The highest BCUT2D eigenvalue weighted by Gasteiger charge is 2.09. The molecule has 0 aliphatic rings. The van der Waals surface area contributed by atoms with Gasteiger partial charge >= 0.3 is 0 Å². The second kappa shape index (κ2) is 6.83. The summed E-state index contributed by atoms with van der Waals surface area (Å²) in [5, 5.41) is 4.94. The number of hydrogen-bond acceptors (Lipinski definition) is 4. The standard InChI is InChI=1S/C17H19N3O2S/c1-20-15-6-5-12(22-2)10-14(15)19-16(20)7-8-18-17(21)11-13-4-3-9-23-13/h3-6,9-10H,7-8,11H2,1-2H3,(H,18,21). The fourth-order valence-corrected chi connectivity index (χ4v) is 3.23. The number of imidazole rings is 1. The third-order valence-corrected chi connectivity index (χ3v) is 4.64. The monoisotopic (exact) mass is 329 g/mol. The van der Waals surface area contributed by atoms with Gasteiger partial charge in [0.25, 0.3) is 0 Å². The summed E-state index contributed by atoms with van der Waals surface area (Å²) in [5.41, 5.74) is 1.97. The molecular formula is C17H19N3O2S. The minimum atomic E-state index is 0.0490. The SMILES string of the molecule is COc1ccc2c(c1)nc(CCNC(=O)Cc1cccs1)n2C. The number of fused-ring (bicyclic) bond motifs is 1. The van der Waals surface area contributed by atoms with Crippen LogP contribution in [0.2, 0.25) is 0 Å². The van der Waals surface area contributed by atoms with Crippen LogP contribution in [-0.4, -0.2) is 29.1 Å². The fraction of sp³-hybridized carbons (Fsp3) is 0.294. The minimum absolute atomic E-state index is 0.0490. The highest BCUT2D eigenvalue weighted by atomic mass is 32.1. The number of benzene rings is 1. The van der Waals surface area contributed by atoms with E-state index in [2.05, 4.69) is 14.9 Å². The predicted octanol–water partition coefficient (Wildman–Crippen LogP) is 2.54. The van der Waals surface area contributed by atoms with E-state index in [0.717, 1.165) is 27.5 Å². The van der Waals surface area contributed by atoms with Gasteiger partial charge in [-0.3, -0.25) is 4.79 Å². The molecule has 3 rings (SSSR count). The van der Waals surface area contributed by atoms with E-state index in [1.54, 1.807) is 18.4 Å². The van der Waals surface area contributed by atoms with Crippen molar-refractivity contribution in [3.05, 3.63) is 46.4 Å². The number of ether oxygens (including phenoxy) is 1. The number of aromatic nitrogens is 2. The Morgan fingerprint density at radius 3 is 3.00 bits per heavy atom. The number of hydrogen-bond donors (Lipinski definition) is 1. The van der Waals surface area contributed by atoms with Crippen LogP contribution in [-0.2, 0) is 24.7 Å². The maximum atomic E-state index is 11.9. The quantitative estimate of drug-likeness (QED) is 0.756. The van der Waals surface area contributed by atoms with Crippen LogP contribution in [0.1, 0.15) is 10.7 Å². The summed E-state index contributed by atoms with van der Waals surface area (Å²) in [4.78, 5) is 17.6. The van der Waals surface area contributed by atoms with Crippen LogP contribution < -0.4 is 10.1 Å². The van der Waals surface area contributed by atoms with E-state index in [9.17, 15) is 4.79 Å². The van der Waals surface area contributed by atoms with Crippen LogP contribution in [0, 0.1) is 0 Å². The minimum Gasteiger partial charge on any atom is -0.497 e. The van der Waals surface area contributed by atoms with Crippen molar-refractivity contribution in [1.82, 2.24) is 14.9 Å². The number of thiophene rings is 1. The maximum absolute atomic E-state index is 11.9. The molecule has 6 heteroatoms. The highest BCUT2D eigenvalue weighted by molar-refractivity contribution is 7.10. The Labute approximate surface area is 138 Å². The smallest absolute Gasteiger partial charge is 0.225 e. The lowest BCUT2D eigenvalue weighted by molar-refractivity contribution is -0.120. The Balaban J connectivity index is 1.60. The van der Waals surface area contributed by atoms with Gasteiger partial charge in [0.1, 0.15) is 11.6 Å². The van der Waals surface area contributed by atoms with Crippen molar-refractivity contribution in [2.75, 3.05) is 13.7 Å². The predicted molar refractivity (Wildman–Crippen MR) is 92.0 cm³/mol. The topological polar surface area (TPSA) is 56.1 Å². The second-order valence-corrected chi connectivity index (χ2v) is 6.33. The average molecular weight is 329 g/mol. The fourth-order valence-electron chi connectivity index (χ4n) is 2.53. The normalized spacial score (nSPS) is 10.9. The number of carbonyl (C=O) groups is 1. The first-order valence-corrected chi connectivity index (χ1v) is 8.34. The molecule has 1 N–H and O–H groups in total. The van der Waals surface area contributed by atoms with Crippen LogP contribution >= 0.6 is 11.3 Å². The molecule has 1 aromatic carbocycles. The third kappa shape index (κ3) is 3.53. The molecule has 2 heterocycles. The van der Waals surface area contributed by atoms with Crippen molar-refractivity contribution in [2.24, 2.45) is 7.05 Å². The molecule has 0 aliphatic carbocycles. The van der Waals surface area contributed by atoms with E-state index < -0.39 is 0 Å². The molecule has 0 spiro atoms. The summed E-state index contributed by atoms with van der Waals surface area (Å²) in [5.74, 6) is 1.80. The van der Waals surface area contributed by atoms with Gasteiger partial charge in [0.15, 0.2) is 0 Å². The number of aryl methyl sites for hydroxylation is 1. The van der Waals surface area contributed by atoms with Gasteiger partial charge in [0.05, 0.1) is 24.6 Å². The molecule has 1 amide bonds. The number of nitrogens with one attached hydrogen (secondary N) is 1. The van der Waals surface area contributed by atoms with Crippen LogP contribution in [0.4, 0.5) is 0 Å². The number of carbonyl (C=O) groups excluding carboxylic acids is 1. The van der Waals surface area contributed by atoms with E-state index in [4.69, 9.17) is 4.74 Å². The maximum Gasteiger partial charge on any atom is 0.225 e.